The zero-order valence-corrected chi connectivity index (χ0v) is 69.2. The smallest absolute Gasteiger partial charge is 0.475 e. The second-order valence-electron chi connectivity index (χ2n) is 29.0. The van der Waals surface area contributed by atoms with Crippen LogP contribution < -0.4 is 0 Å². The normalized spacial score (nSPS) is 24.1. The van der Waals surface area contributed by atoms with E-state index >= 15 is 9.59 Å². The Balaban J connectivity index is 3.83. The van der Waals surface area contributed by atoms with Crippen LogP contribution in [0.2, 0.25) is 87.6 Å². The van der Waals surface area contributed by atoms with E-state index in [4.69, 9.17) is 24.7 Å². The van der Waals surface area contributed by atoms with E-state index in [1.165, 1.54) is 0 Å². The molecule has 0 aromatic rings. The zero-order chi connectivity index (χ0) is 56.8. The third-order valence-corrected chi connectivity index (χ3v) is 195. The van der Waals surface area contributed by atoms with Crippen LogP contribution in [0.4, 0.5) is 0 Å². The van der Waals surface area contributed by atoms with Crippen molar-refractivity contribution in [2.24, 2.45) is 57.2 Å². The summed E-state index contributed by atoms with van der Waals surface area (Å²) in [6.45, 7) is 67.7. The molecule has 4 unspecified atom stereocenters. The van der Waals surface area contributed by atoms with Crippen LogP contribution in [0.15, 0.2) is 11.1 Å². The summed E-state index contributed by atoms with van der Waals surface area (Å²) in [6, 6.07) is 1.80. The van der Waals surface area contributed by atoms with Crippen molar-refractivity contribution < 1.29 is 44.5 Å². The van der Waals surface area contributed by atoms with Gasteiger partial charge in [-0.25, -0.2) is 9.59 Å². The van der Waals surface area contributed by atoms with Crippen molar-refractivity contribution >= 4 is 130 Å². The molecule has 2 fully saturated rings. The molecule has 2 saturated heterocycles. The molecule has 0 aliphatic carbocycles. The van der Waals surface area contributed by atoms with Crippen molar-refractivity contribution in [2.45, 2.75) is 226 Å². The molecule has 2 aliphatic rings. The first kappa shape index (κ1) is 69.6. The first-order valence-corrected chi connectivity index (χ1v) is 75.0. The molecule has 0 amide bonds. The Hall–Kier alpha value is 1.48. The molecule has 0 aromatic heterocycles. The van der Waals surface area contributed by atoms with Crippen LogP contribution in [-0.4, -0.2) is 141 Å². The Morgan fingerprint density at radius 2 is 0.681 bits per heavy atom. The molecule has 2 N–H and O–H groups in total. The highest BCUT2D eigenvalue weighted by Gasteiger charge is 2.78. The molecule has 0 bridgehead atoms. The first-order chi connectivity index (χ1) is 32.2. The molecule has 0 spiro atoms. The molecule has 72 heavy (non-hydrogen) atoms. The van der Waals surface area contributed by atoms with E-state index in [1.54, 1.807) is 0 Å². The monoisotopic (exact) mass is 1240 g/mol. The van der Waals surface area contributed by atoms with Gasteiger partial charge in [0.05, 0.1) is 11.1 Å². The minimum absolute atomic E-state index is 0.0527. The van der Waals surface area contributed by atoms with E-state index < -0.39 is 111 Å². The van der Waals surface area contributed by atoms with Crippen LogP contribution in [0.5, 0.6) is 0 Å². The van der Waals surface area contributed by atoms with E-state index in [0.717, 1.165) is 12.1 Å². The van der Waals surface area contributed by atoms with Crippen molar-refractivity contribution in [3.63, 3.8) is 0 Å². The van der Waals surface area contributed by atoms with Gasteiger partial charge >= 0.3 is 29.5 Å². The zero-order valence-electron chi connectivity index (χ0n) is 52.4. The third kappa shape index (κ3) is 12.7. The molecular weight excluding hydrogens is 1130 g/mol. The summed E-state index contributed by atoms with van der Waals surface area (Å²) in [6.07, 6.45) is 0. The molecule has 4 atom stereocenters. The van der Waals surface area contributed by atoms with Gasteiger partial charge in [-0.1, -0.05) is 138 Å². The second kappa shape index (κ2) is 24.3. The van der Waals surface area contributed by atoms with Crippen molar-refractivity contribution in [3.8, 4) is 0 Å². The van der Waals surface area contributed by atoms with Crippen LogP contribution in [-0.2, 0) is 34.3 Å². The van der Waals surface area contributed by atoms with Gasteiger partial charge in [0.2, 0.25) is 0 Å². The lowest BCUT2D eigenvalue weighted by molar-refractivity contribution is -0.151. The molecule has 424 valence electrons. The summed E-state index contributed by atoms with van der Waals surface area (Å²) in [4.78, 5) is 31.4. The summed E-state index contributed by atoms with van der Waals surface area (Å²) in [5, 5.41) is 24.0. The minimum Gasteiger partial charge on any atom is -0.478 e. The predicted octanol–water partition coefficient (Wildman–Crippen LogP) is 8.17. The highest BCUT2D eigenvalue weighted by molar-refractivity contribution is 7.80. The molecule has 2 rings (SSSR count). The van der Waals surface area contributed by atoms with Gasteiger partial charge in [0.25, 0.3) is 0 Å². The number of aliphatic carboxylic acids is 2. The lowest BCUT2D eigenvalue weighted by Gasteiger charge is -2.69. The van der Waals surface area contributed by atoms with Crippen molar-refractivity contribution in [2.75, 3.05) is 0 Å². The van der Waals surface area contributed by atoms with Gasteiger partial charge in [-0.2, -0.15) is 0 Å². The summed E-state index contributed by atoms with van der Waals surface area (Å²) < 4.78 is 47.5. The Morgan fingerprint density at radius 1 is 0.444 bits per heavy atom. The van der Waals surface area contributed by atoms with Gasteiger partial charge in [0, 0.05) is 55.1 Å². The standard InChI is InChI=1S/C48H116O10Si14/c1-31-69(27,28)57-71(55-67(21,22)23,53-65-61-59-62-65)43(15,16)45(19,33(3)4)47(35(7)8,36(9)10)39(41(49)50)40(42(51)52)48(37(11)12,38(13)14)46(20,34(5)6)44(17,18)72(56-68(24,25)26,54-66-63-60-64-66)58-70(29,30)32-2/h33-38,65-66H,31-32,59-64H2,1-30H3,(H,49,50)(H,51,52). The largest absolute Gasteiger partial charge is 0.478 e. The predicted molar refractivity (Wildman–Crippen MR) is 347 cm³/mol. The van der Waals surface area contributed by atoms with Crippen molar-refractivity contribution in [3.05, 3.63) is 11.1 Å². The maximum atomic E-state index is 15.7. The van der Waals surface area contributed by atoms with E-state index in [0.29, 0.717) is 0 Å². The van der Waals surface area contributed by atoms with E-state index in [1.807, 2.05) is 0 Å². The van der Waals surface area contributed by atoms with E-state index in [-0.39, 0.29) is 98.0 Å². The number of carbonyl (C=O) groups is 2. The fourth-order valence-corrected chi connectivity index (χ4v) is 130. The molecule has 0 saturated carbocycles. The van der Waals surface area contributed by atoms with Crippen LogP contribution in [0.25, 0.3) is 0 Å². The third-order valence-electron chi connectivity index (χ3n) is 19.5. The molecule has 24 heteroatoms. The quantitative estimate of drug-likeness (QED) is 0.0537. The van der Waals surface area contributed by atoms with Gasteiger partial charge < -0.3 is 34.9 Å². The van der Waals surface area contributed by atoms with Crippen LogP contribution >= 0.6 is 0 Å². The highest BCUT2D eigenvalue weighted by atomic mass is 30.1. The van der Waals surface area contributed by atoms with Gasteiger partial charge in [-0.05, 0) is 141 Å². The highest BCUT2D eigenvalue weighted by Crippen LogP contribution is 2.76. The van der Waals surface area contributed by atoms with Crippen molar-refractivity contribution in [1.29, 1.82) is 0 Å². The summed E-state index contributed by atoms with van der Waals surface area (Å²) in [7, 11) is -20.6. The van der Waals surface area contributed by atoms with Crippen LogP contribution in [0.1, 0.15) is 138 Å². The Kier molecular flexibility index (Phi) is 23.5. The van der Waals surface area contributed by atoms with Crippen molar-refractivity contribution in [1.82, 2.24) is 0 Å². The second-order valence-corrected chi connectivity index (χ2v) is 125. The number of hydrogen-bond acceptors (Lipinski definition) is 8. The lowest BCUT2D eigenvalue weighted by Crippen LogP contribution is -2.75. The average Bonchev–Trinajstić information content (AvgIpc) is 3.15. The maximum Gasteiger partial charge on any atom is 0.475 e. The molecule has 10 nitrogen and oxygen atoms in total. The number of carboxylic acids is 2. The molecular formula is C48H116O10Si14. The summed E-state index contributed by atoms with van der Waals surface area (Å²) >= 11 is 0. The molecule has 0 aromatic carbocycles. The fourth-order valence-electron chi connectivity index (χ4n) is 14.5. The van der Waals surface area contributed by atoms with Gasteiger partial charge in [-0.15, -0.1) is 0 Å². The molecule has 2 aliphatic heterocycles. The fraction of sp³-hybridized carbons (Fsp3) is 0.917. The average molecular weight is 1250 g/mol. The lowest BCUT2D eigenvalue weighted by atomic mass is 9.39. The first-order valence-electron chi connectivity index (χ1n) is 28.5. The van der Waals surface area contributed by atoms with Crippen LogP contribution in [0, 0.1) is 57.2 Å². The summed E-state index contributed by atoms with van der Waals surface area (Å²) in [5.74, 6) is -3.92. The van der Waals surface area contributed by atoms with E-state index in [9.17, 15) is 10.2 Å². The molecule has 2 heterocycles. The van der Waals surface area contributed by atoms with E-state index in [2.05, 4.69) is 204 Å². The van der Waals surface area contributed by atoms with Gasteiger partial charge in [-0.3, -0.25) is 0 Å². The SMILES string of the molecule is CC[Si](C)(C)O[Si](O[SiH]1[SiH2][SiH2][SiH2]1)(O[Si](C)(C)C)C(C)(C)C(C)(C(C)C)C(C(C(=O)O)=C(C(=O)O)C(C(C)C)(C(C)C)C(C)(C(C)C)C(C)(C)[Si](O[SiH]1[SiH2][SiH2][SiH2]1)(O[Si](C)(C)C)O[Si](C)(C)CC)(C(C)C)C(C)C. The Labute approximate surface area is 465 Å². The van der Waals surface area contributed by atoms with Crippen LogP contribution in [0.3, 0.4) is 0 Å². The number of carboxylic acid groups (broad SMARTS) is 2. The Morgan fingerprint density at radius 3 is 0.819 bits per heavy atom. The van der Waals surface area contributed by atoms with Gasteiger partial charge in [0.1, 0.15) is 16.2 Å². The number of rotatable bonds is 30. The van der Waals surface area contributed by atoms with Gasteiger partial charge in [0.15, 0.2) is 33.3 Å². The summed E-state index contributed by atoms with van der Waals surface area (Å²) in [5.41, 5.74) is -4.30. The topological polar surface area (TPSA) is 130 Å². The Bertz CT molecular complexity index is 1740. The maximum absolute atomic E-state index is 15.7. The number of hydrogen-bond donors (Lipinski definition) is 2. The molecule has 0 radical (unpaired) electrons. The minimum atomic E-state index is -3.76.